The van der Waals surface area contributed by atoms with E-state index in [1.165, 1.54) is 0 Å². The highest BCUT2D eigenvalue weighted by Gasteiger charge is 2.14. The SMILES string of the molecule is c1cnc2cc(-c3cnc4c[n+](-c5ccc6nccn6n5)cn4c3)nn2c1. The van der Waals surface area contributed by atoms with Crippen LogP contribution in [0.4, 0.5) is 0 Å². The summed E-state index contributed by atoms with van der Waals surface area (Å²) in [7, 11) is 0. The molecule has 0 aliphatic rings. The summed E-state index contributed by atoms with van der Waals surface area (Å²) in [4.78, 5) is 13.1. The first-order valence-corrected chi connectivity index (χ1v) is 8.34. The summed E-state index contributed by atoms with van der Waals surface area (Å²) in [5.74, 6) is 0.782. The number of aromatic nitrogens is 9. The molecule has 27 heavy (non-hydrogen) atoms. The number of imidazole rings is 2. The molecule has 0 N–H and O–H groups in total. The van der Waals surface area contributed by atoms with Gasteiger partial charge in [-0.15, -0.1) is 0 Å². The second-order valence-corrected chi connectivity index (χ2v) is 6.13. The highest BCUT2D eigenvalue weighted by Crippen LogP contribution is 2.18. The van der Waals surface area contributed by atoms with Crippen molar-refractivity contribution in [1.82, 2.24) is 38.6 Å². The van der Waals surface area contributed by atoms with E-state index < -0.39 is 0 Å². The number of hydrogen-bond acceptors (Lipinski definition) is 5. The normalized spacial score (nSPS) is 11.7. The van der Waals surface area contributed by atoms with Gasteiger partial charge in [0.1, 0.15) is 6.20 Å². The maximum atomic E-state index is 4.56. The zero-order chi connectivity index (χ0) is 17.8. The van der Waals surface area contributed by atoms with Gasteiger partial charge in [-0.1, -0.05) is 0 Å². The minimum atomic E-state index is 0.782. The van der Waals surface area contributed by atoms with Crippen LogP contribution in [-0.2, 0) is 0 Å². The summed E-state index contributed by atoms with van der Waals surface area (Å²) >= 11 is 0. The predicted octanol–water partition coefficient (Wildman–Crippen LogP) is 1.36. The molecule has 0 atom stereocenters. The third kappa shape index (κ3) is 2.18. The quantitative estimate of drug-likeness (QED) is 0.439. The molecule has 0 unspecified atom stereocenters. The molecule has 0 saturated heterocycles. The van der Waals surface area contributed by atoms with Crippen LogP contribution in [0.3, 0.4) is 0 Å². The summed E-state index contributed by atoms with van der Waals surface area (Å²) < 4.78 is 7.37. The molecule has 0 bridgehead atoms. The van der Waals surface area contributed by atoms with Crippen molar-refractivity contribution in [3.05, 3.63) is 74.0 Å². The second kappa shape index (κ2) is 5.18. The van der Waals surface area contributed by atoms with Gasteiger partial charge in [-0.2, -0.15) is 9.61 Å². The van der Waals surface area contributed by atoms with E-state index in [4.69, 9.17) is 0 Å². The third-order valence-corrected chi connectivity index (χ3v) is 4.42. The molecule has 0 aliphatic carbocycles. The summed E-state index contributed by atoms with van der Waals surface area (Å²) in [6, 6.07) is 7.65. The Morgan fingerprint density at radius 1 is 0.852 bits per heavy atom. The van der Waals surface area contributed by atoms with Crippen LogP contribution in [0.15, 0.2) is 74.0 Å². The first-order chi connectivity index (χ1) is 13.3. The maximum Gasteiger partial charge on any atom is 0.291 e. The van der Waals surface area contributed by atoms with Crippen molar-refractivity contribution >= 4 is 16.9 Å². The number of hydrogen-bond donors (Lipinski definition) is 0. The molecule has 0 spiro atoms. The maximum absolute atomic E-state index is 4.56. The number of rotatable bonds is 2. The first kappa shape index (κ1) is 14.1. The summed E-state index contributed by atoms with van der Waals surface area (Å²) in [5, 5.41) is 9.12. The van der Waals surface area contributed by atoms with Gasteiger partial charge in [0.2, 0.25) is 12.0 Å². The molecule has 128 valence electrons. The Balaban J connectivity index is 1.46. The zero-order valence-electron chi connectivity index (χ0n) is 14.0. The fraction of sp³-hybridized carbons (Fsp3) is 0. The lowest BCUT2D eigenvalue weighted by Crippen LogP contribution is -2.29. The molecule has 9 nitrogen and oxygen atoms in total. The van der Waals surface area contributed by atoms with Gasteiger partial charge in [0.05, 0.1) is 23.7 Å². The second-order valence-electron chi connectivity index (χ2n) is 6.13. The van der Waals surface area contributed by atoms with Crippen molar-refractivity contribution in [3.63, 3.8) is 0 Å². The van der Waals surface area contributed by atoms with E-state index in [9.17, 15) is 0 Å². The molecule has 9 heteroatoms. The topological polar surface area (TPSA) is 81.6 Å². The highest BCUT2D eigenvalue weighted by molar-refractivity contribution is 5.63. The van der Waals surface area contributed by atoms with Crippen molar-refractivity contribution in [2.75, 3.05) is 0 Å². The molecular weight excluding hydrogens is 342 g/mol. The lowest BCUT2D eigenvalue weighted by Gasteiger charge is -1.94. The molecule has 6 rings (SSSR count). The van der Waals surface area contributed by atoms with Gasteiger partial charge in [0.25, 0.3) is 5.82 Å². The van der Waals surface area contributed by atoms with E-state index in [2.05, 4.69) is 25.1 Å². The van der Waals surface area contributed by atoms with Crippen LogP contribution in [0.5, 0.6) is 0 Å². The lowest BCUT2D eigenvalue weighted by atomic mass is 10.2. The third-order valence-electron chi connectivity index (χ3n) is 4.42. The smallest absolute Gasteiger partial charge is 0.237 e. The number of fused-ring (bicyclic) bond motifs is 3. The summed E-state index contributed by atoms with van der Waals surface area (Å²) in [5.41, 5.74) is 4.15. The average molecular weight is 354 g/mol. The molecule has 6 heterocycles. The van der Waals surface area contributed by atoms with Gasteiger partial charge in [-0.3, -0.25) is 0 Å². The van der Waals surface area contributed by atoms with Crippen molar-refractivity contribution in [1.29, 1.82) is 0 Å². The Morgan fingerprint density at radius 2 is 1.78 bits per heavy atom. The van der Waals surface area contributed by atoms with Crippen LogP contribution in [-0.4, -0.2) is 38.6 Å². The van der Waals surface area contributed by atoms with Gasteiger partial charge in [-0.25, -0.2) is 28.4 Å². The molecule has 0 radical (unpaired) electrons. The Morgan fingerprint density at radius 3 is 2.74 bits per heavy atom. The molecular formula is C18H12N9+. The molecule has 0 saturated carbocycles. The molecule has 0 aliphatic heterocycles. The average Bonchev–Trinajstić information content (AvgIpc) is 3.42. The van der Waals surface area contributed by atoms with Crippen LogP contribution in [0.25, 0.3) is 34.0 Å². The van der Waals surface area contributed by atoms with E-state index in [0.29, 0.717) is 0 Å². The van der Waals surface area contributed by atoms with Gasteiger partial charge in [0.15, 0.2) is 11.3 Å². The predicted molar refractivity (Wildman–Crippen MR) is 95.3 cm³/mol. The minimum absolute atomic E-state index is 0.782. The highest BCUT2D eigenvalue weighted by atomic mass is 15.3. The van der Waals surface area contributed by atoms with Gasteiger partial charge < -0.3 is 0 Å². The first-order valence-electron chi connectivity index (χ1n) is 8.34. The minimum Gasteiger partial charge on any atom is -0.237 e. The number of nitrogens with zero attached hydrogens (tertiary/aromatic N) is 9. The Hall–Kier alpha value is -4.14. The van der Waals surface area contributed by atoms with Gasteiger partial charge >= 0.3 is 0 Å². The Kier molecular flexibility index (Phi) is 2.70. The zero-order valence-corrected chi connectivity index (χ0v) is 14.0. The molecule has 0 amide bonds. The van der Waals surface area contributed by atoms with Crippen molar-refractivity contribution < 1.29 is 4.57 Å². The van der Waals surface area contributed by atoms with Crippen molar-refractivity contribution in [3.8, 4) is 17.1 Å². The van der Waals surface area contributed by atoms with Crippen LogP contribution < -0.4 is 4.57 Å². The van der Waals surface area contributed by atoms with E-state index in [1.54, 1.807) is 21.4 Å². The van der Waals surface area contributed by atoms with Crippen molar-refractivity contribution in [2.24, 2.45) is 0 Å². The van der Waals surface area contributed by atoms with E-state index in [1.807, 2.05) is 70.5 Å². The summed E-state index contributed by atoms with van der Waals surface area (Å²) in [6.45, 7) is 0. The van der Waals surface area contributed by atoms with E-state index >= 15 is 0 Å². The molecule has 6 aromatic rings. The van der Waals surface area contributed by atoms with Crippen molar-refractivity contribution in [2.45, 2.75) is 0 Å². The van der Waals surface area contributed by atoms with Crippen LogP contribution in [0, 0.1) is 0 Å². The fourth-order valence-corrected chi connectivity index (χ4v) is 3.11. The Bertz CT molecular complexity index is 1410. The van der Waals surface area contributed by atoms with Gasteiger partial charge in [-0.05, 0) is 17.2 Å². The van der Waals surface area contributed by atoms with Crippen LogP contribution >= 0.6 is 0 Å². The lowest BCUT2D eigenvalue weighted by molar-refractivity contribution is -0.598. The standard InChI is InChI=1S/C18H12N9/c1-4-19-17-8-14(22-26(17)6-1)13-9-21-18-11-25(12-24(18)10-13)16-3-2-15-20-5-7-27(15)23-16/h1-12H/q+1. The van der Waals surface area contributed by atoms with E-state index in [-0.39, 0.29) is 0 Å². The van der Waals surface area contributed by atoms with E-state index in [0.717, 1.165) is 34.0 Å². The van der Waals surface area contributed by atoms with Gasteiger partial charge in [0, 0.05) is 36.9 Å². The summed E-state index contributed by atoms with van der Waals surface area (Å²) in [6.07, 6.45) is 14.9. The molecule has 0 fully saturated rings. The molecule has 6 aromatic heterocycles. The van der Waals surface area contributed by atoms with Crippen LogP contribution in [0.2, 0.25) is 0 Å². The fourth-order valence-electron chi connectivity index (χ4n) is 3.11. The molecule has 0 aromatic carbocycles. The van der Waals surface area contributed by atoms with Crippen LogP contribution in [0.1, 0.15) is 0 Å². The Labute approximate surface area is 151 Å². The largest absolute Gasteiger partial charge is 0.291 e. The monoisotopic (exact) mass is 354 g/mol.